The number of rotatable bonds is 4. The van der Waals surface area contributed by atoms with E-state index in [4.69, 9.17) is 11.6 Å². The summed E-state index contributed by atoms with van der Waals surface area (Å²) >= 11 is 6.03. The van der Waals surface area contributed by atoms with E-state index in [0.29, 0.717) is 38.7 Å². The molecule has 0 fully saturated rings. The smallest absolute Gasteiger partial charge is 0.268 e. The molecule has 0 bridgehead atoms. The van der Waals surface area contributed by atoms with Crippen LogP contribution in [0.4, 0.5) is 11.4 Å². The summed E-state index contributed by atoms with van der Waals surface area (Å²) in [6, 6.07) is 18.4. The topological polar surface area (TPSA) is 90.4 Å². The summed E-state index contributed by atoms with van der Waals surface area (Å²) in [7, 11) is 0. The minimum absolute atomic E-state index is 0.0130. The molecule has 7 nitrogen and oxygen atoms in total. The Balaban J connectivity index is 1.70. The first-order valence-electron chi connectivity index (χ1n) is 9.01. The molecule has 0 atom stereocenters. The van der Waals surface area contributed by atoms with Crippen molar-refractivity contribution < 1.29 is 4.92 Å². The van der Waals surface area contributed by atoms with Crippen LogP contribution in [0.15, 0.2) is 76.5 Å². The standard InChI is InChI=1S/C22H15ClN4O3/c1-14-25-20-11-6-16(23)12-19(20)22(28)26(14)18-9-7-17(8-10-18)24-13-15-4-2-3-5-21(15)27(29)30/h2-13H,1H3. The van der Waals surface area contributed by atoms with Crippen molar-refractivity contribution in [2.24, 2.45) is 4.99 Å². The molecule has 30 heavy (non-hydrogen) atoms. The van der Waals surface area contributed by atoms with Gasteiger partial charge in [-0.15, -0.1) is 0 Å². The number of halogens is 1. The van der Waals surface area contributed by atoms with E-state index < -0.39 is 4.92 Å². The highest BCUT2D eigenvalue weighted by Gasteiger charge is 2.11. The van der Waals surface area contributed by atoms with E-state index in [0.717, 1.165) is 0 Å². The lowest BCUT2D eigenvalue weighted by Crippen LogP contribution is -2.22. The number of nitro groups is 1. The van der Waals surface area contributed by atoms with Crippen LogP contribution >= 0.6 is 11.6 Å². The zero-order valence-corrected chi connectivity index (χ0v) is 16.6. The van der Waals surface area contributed by atoms with Crippen molar-refractivity contribution in [3.8, 4) is 5.69 Å². The van der Waals surface area contributed by atoms with Gasteiger partial charge >= 0.3 is 0 Å². The third kappa shape index (κ3) is 3.70. The maximum Gasteiger partial charge on any atom is 0.278 e. The van der Waals surface area contributed by atoms with Gasteiger partial charge in [0.2, 0.25) is 0 Å². The van der Waals surface area contributed by atoms with Gasteiger partial charge in [-0.05, 0) is 55.5 Å². The maximum absolute atomic E-state index is 13.0. The normalized spacial score (nSPS) is 11.3. The molecule has 1 aromatic heterocycles. The van der Waals surface area contributed by atoms with Crippen LogP contribution in [0.3, 0.4) is 0 Å². The first-order valence-corrected chi connectivity index (χ1v) is 9.39. The number of hydrogen-bond acceptors (Lipinski definition) is 5. The minimum Gasteiger partial charge on any atom is -0.268 e. The van der Waals surface area contributed by atoms with Crippen molar-refractivity contribution in [3.63, 3.8) is 0 Å². The third-order valence-electron chi connectivity index (χ3n) is 4.59. The Labute approximate surface area is 176 Å². The van der Waals surface area contributed by atoms with Gasteiger partial charge in [0.25, 0.3) is 11.2 Å². The summed E-state index contributed by atoms with van der Waals surface area (Å²) in [5, 5.41) is 12.0. The number of aliphatic imine (C=N–C) groups is 1. The molecule has 0 spiro atoms. The van der Waals surface area contributed by atoms with Gasteiger partial charge in [-0.25, -0.2) is 4.98 Å². The first-order chi connectivity index (χ1) is 14.4. The number of aromatic nitrogens is 2. The van der Waals surface area contributed by atoms with Crippen LogP contribution in [0, 0.1) is 17.0 Å². The highest BCUT2D eigenvalue weighted by Crippen LogP contribution is 2.21. The zero-order chi connectivity index (χ0) is 21.3. The Hall–Kier alpha value is -3.84. The lowest BCUT2D eigenvalue weighted by molar-refractivity contribution is -0.385. The van der Waals surface area contributed by atoms with Gasteiger partial charge in [0, 0.05) is 17.3 Å². The molecule has 148 valence electrons. The van der Waals surface area contributed by atoms with Crippen molar-refractivity contribution in [1.82, 2.24) is 9.55 Å². The predicted molar refractivity (Wildman–Crippen MR) is 117 cm³/mol. The monoisotopic (exact) mass is 418 g/mol. The molecule has 4 rings (SSSR count). The lowest BCUT2D eigenvalue weighted by Gasteiger charge is -2.11. The molecule has 0 saturated carbocycles. The van der Waals surface area contributed by atoms with Crippen molar-refractivity contribution >= 4 is 40.1 Å². The largest absolute Gasteiger partial charge is 0.278 e. The second-order valence-corrected chi connectivity index (χ2v) is 6.99. The van der Waals surface area contributed by atoms with E-state index in [1.54, 1.807) is 67.6 Å². The molecule has 0 N–H and O–H groups in total. The van der Waals surface area contributed by atoms with Crippen molar-refractivity contribution in [2.45, 2.75) is 6.92 Å². The van der Waals surface area contributed by atoms with E-state index >= 15 is 0 Å². The number of nitrogens with zero attached hydrogens (tertiary/aromatic N) is 4. The van der Waals surface area contributed by atoms with Crippen LogP contribution in [-0.4, -0.2) is 20.7 Å². The second kappa shape index (κ2) is 7.88. The molecular formula is C22H15ClN4O3. The highest BCUT2D eigenvalue weighted by atomic mass is 35.5. The molecule has 0 unspecified atom stereocenters. The molecule has 0 saturated heterocycles. The summed E-state index contributed by atoms with van der Waals surface area (Å²) in [6.45, 7) is 1.76. The molecule has 0 amide bonds. The Bertz CT molecular complexity index is 1360. The molecule has 0 aliphatic carbocycles. The summed E-state index contributed by atoms with van der Waals surface area (Å²) in [5.74, 6) is 0.547. The second-order valence-electron chi connectivity index (χ2n) is 6.55. The fourth-order valence-corrected chi connectivity index (χ4v) is 3.34. The van der Waals surface area contributed by atoms with Gasteiger partial charge < -0.3 is 0 Å². The lowest BCUT2D eigenvalue weighted by atomic mass is 10.2. The van der Waals surface area contributed by atoms with Crippen LogP contribution in [0.25, 0.3) is 16.6 Å². The van der Waals surface area contributed by atoms with Gasteiger partial charge in [0.05, 0.1) is 32.8 Å². The fraction of sp³-hybridized carbons (Fsp3) is 0.0455. The molecule has 3 aromatic carbocycles. The summed E-state index contributed by atoms with van der Waals surface area (Å²) in [4.78, 5) is 32.4. The average Bonchev–Trinajstić information content (AvgIpc) is 2.74. The molecule has 0 aliphatic rings. The third-order valence-corrected chi connectivity index (χ3v) is 4.83. The van der Waals surface area contributed by atoms with Crippen molar-refractivity contribution in [1.29, 1.82) is 0 Å². The molecular weight excluding hydrogens is 404 g/mol. The van der Waals surface area contributed by atoms with Gasteiger partial charge in [-0.3, -0.25) is 24.5 Å². The van der Waals surface area contributed by atoms with E-state index in [1.807, 2.05) is 0 Å². The van der Waals surface area contributed by atoms with Gasteiger partial charge in [0.15, 0.2) is 0 Å². The molecule has 0 aliphatic heterocycles. The average molecular weight is 419 g/mol. The molecule has 8 heteroatoms. The summed E-state index contributed by atoms with van der Waals surface area (Å²) in [5.41, 5.74) is 2.01. The molecule has 0 radical (unpaired) electrons. The highest BCUT2D eigenvalue weighted by molar-refractivity contribution is 6.31. The Morgan fingerprint density at radius 2 is 1.83 bits per heavy atom. The Kier molecular flexibility index (Phi) is 5.12. The van der Waals surface area contributed by atoms with E-state index in [9.17, 15) is 14.9 Å². The predicted octanol–water partition coefficient (Wildman–Crippen LogP) is 5.01. The minimum atomic E-state index is -0.446. The van der Waals surface area contributed by atoms with Crippen LogP contribution in [0.2, 0.25) is 5.02 Å². The SMILES string of the molecule is Cc1nc2ccc(Cl)cc2c(=O)n1-c1ccc(N=Cc2ccccc2[N+](=O)[O-])cc1. The van der Waals surface area contributed by atoms with Gasteiger partial charge in [-0.1, -0.05) is 23.7 Å². The Morgan fingerprint density at radius 3 is 2.57 bits per heavy atom. The van der Waals surface area contributed by atoms with E-state index in [1.165, 1.54) is 16.8 Å². The summed E-state index contributed by atoms with van der Waals surface area (Å²) in [6.07, 6.45) is 1.45. The van der Waals surface area contributed by atoms with E-state index in [2.05, 4.69) is 9.98 Å². The number of benzene rings is 3. The fourth-order valence-electron chi connectivity index (χ4n) is 3.17. The van der Waals surface area contributed by atoms with E-state index in [-0.39, 0.29) is 11.2 Å². The van der Waals surface area contributed by atoms with Gasteiger partial charge in [0.1, 0.15) is 5.82 Å². The number of para-hydroxylation sites is 1. The van der Waals surface area contributed by atoms with Crippen LogP contribution in [0.5, 0.6) is 0 Å². The Morgan fingerprint density at radius 1 is 1.10 bits per heavy atom. The number of aryl methyl sites for hydroxylation is 1. The van der Waals surface area contributed by atoms with Crippen LogP contribution in [0.1, 0.15) is 11.4 Å². The van der Waals surface area contributed by atoms with Gasteiger partial charge in [-0.2, -0.15) is 0 Å². The van der Waals surface area contributed by atoms with Crippen molar-refractivity contribution in [2.75, 3.05) is 0 Å². The van der Waals surface area contributed by atoms with Crippen LogP contribution < -0.4 is 5.56 Å². The molecule has 4 aromatic rings. The van der Waals surface area contributed by atoms with Crippen molar-refractivity contribution in [3.05, 3.63) is 104 Å². The van der Waals surface area contributed by atoms with Crippen LogP contribution in [-0.2, 0) is 0 Å². The zero-order valence-electron chi connectivity index (χ0n) is 15.8. The molecule has 1 heterocycles. The maximum atomic E-state index is 13.0. The quantitative estimate of drug-likeness (QED) is 0.265. The number of nitro benzene ring substituents is 1. The number of fused-ring (bicyclic) bond motifs is 1. The summed E-state index contributed by atoms with van der Waals surface area (Å²) < 4.78 is 1.51. The number of hydrogen-bond donors (Lipinski definition) is 0. The first kappa shape index (κ1) is 19.5.